The molecule has 2 aliphatic heterocycles. The Bertz CT molecular complexity index is 3040. The van der Waals surface area contributed by atoms with Gasteiger partial charge in [0.15, 0.2) is 12.0 Å². The molecular formula is C47H32N4O2. The molecule has 0 fully saturated rings. The van der Waals surface area contributed by atoms with Crippen LogP contribution in [0.15, 0.2) is 171 Å². The summed E-state index contributed by atoms with van der Waals surface area (Å²) in [6, 6.07) is 50.8. The number of furan rings is 2. The predicted molar refractivity (Wildman–Crippen MR) is 215 cm³/mol. The highest BCUT2D eigenvalue weighted by Gasteiger charge is 2.31. The molecule has 0 spiro atoms. The summed E-state index contributed by atoms with van der Waals surface area (Å²) in [7, 11) is 2.10. The molecule has 0 aliphatic carbocycles. The lowest BCUT2D eigenvalue weighted by atomic mass is 9.89. The first-order valence-corrected chi connectivity index (χ1v) is 17.9. The fourth-order valence-electron chi connectivity index (χ4n) is 8.32. The first-order valence-electron chi connectivity index (χ1n) is 17.9. The van der Waals surface area contributed by atoms with Gasteiger partial charge < -0.3 is 19.1 Å². The van der Waals surface area contributed by atoms with Gasteiger partial charge in [-0.3, -0.25) is 0 Å². The molecule has 11 rings (SSSR count). The summed E-state index contributed by atoms with van der Waals surface area (Å²) in [5.74, 6) is 2.50. The summed E-state index contributed by atoms with van der Waals surface area (Å²) in [6.07, 6.45) is 1.80. The van der Waals surface area contributed by atoms with Crippen LogP contribution in [0.4, 0.5) is 0 Å². The van der Waals surface area contributed by atoms with Gasteiger partial charge in [-0.15, -0.1) is 0 Å². The van der Waals surface area contributed by atoms with Gasteiger partial charge in [-0.2, -0.15) is 0 Å². The summed E-state index contributed by atoms with van der Waals surface area (Å²) in [5, 5.41) is 11.4. The molecule has 0 bridgehead atoms. The van der Waals surface area contributed by atoms with Gasteiger partial charge in [0, 0.05) is 57.2 Å². The van der Waals surface area contributed by atoms with Gasteiger partial charge in [-0.05, 0) is 51.4 Å². The van der Waals surface area contributed by atoms with Crippen LogP contribution in [-0.4, -0.2) is 23.6 Å². The number of benzene rings is 7. The summed E-state index contributed by atoms with van der Waals surface area (Å²) in [4.78, 5) is 12.9. The lowest BCUT2D eigenvalue weighted by Gasteiger charge is -2.33. The van der Waals surface area contributed by atoms with Crippen molar-refractivity contribution in [3.05, 3.63) is 185 Å². The Morgan fingerprint density at radius 3 is 2.19 bits per heavy atom. The van der Waals surface area contributed by atoms with Crippen LogP contribution >= 0.6 is 0 Å². The molecule has 53 heavy (non-hydrogen) atoms. The van der Waals surface area contributed by atoms with Crippen LogP contribution < -0.4 is 5.32 Å². The molecule has 0 amide bonds. The zero-order chi connectivity index (χ0) is 35.0. The van der Waals surface area contributed by atoms with Crippen LogP contribution in [0.1, 0.15) is 39.7 Å². The molecule has 0 saturated heterocycles. The Kier molecular flexibility index (Phi) is 6.49. The number of nitrogens with one attached hydrogen (secondary N) is 1. The van der Waals surface area contributed by atoms with Gasteiger partial charge in [-0.1, -0.05) is 121 Å². The number of hydrogen-bond acceptors (Lipinski definition) is 6. The van der Waals surface area contributed by atoms with Crippen LogP contribution in [-0.2, 0) is 6.54 Å². The Hall–Kier alpha value is -6.92. The lowest BCUT2D eigenvalue weighted by Crippen LogP contribution is -2.36. The van der Waals surface area contributed by atoms with Crippen molar-refractivity contribution in [2.45, 2.75) is 12.7 Å². The molecule has 4 heterocycles. The second-order valence-electron chi connectivity index (χ2n) is 13.8. The Morgan fingerprint density at radius 2 is 1.32 bits per heavy atom. The number of nitrogens with zero attached hydrogens (tertiary/aromatic N) is 3. The number of aliphatic imine (C=N–C) groups is 2. The maximum absolute atomic E-state index is 6.51. The molecule has 0 saturated carbocycles. The number of hydrogen-bond donors (Lipinski definition) is 1. The van der Waals surface area contributed by atoms with E-state index >= 15 is 0 Å². The SMILES string of the molecule is CN1C(c2cccc3c(C4=CNCc5oc6cc7ccccc7cc6c54)cccc23)=NC(c2ccccc2)=NC1c1cccc2oc3ccccc3c12. The molecule has 1 unspecified atom stereocenters. The predicted octanol–water partition coefficient (Wildman–Crippen LogP) is 11.0. The smallest absolute Gasteiger partial charge is 0.159 e. The minimum absolute atomic E-state index is 0.347. The second kappa shape index (κ2) is 11.6. The minimum atomic E-state index is -0.347. The Labute approximate surface area is 305 Å². The number of rotatable bonds is 4. The van der Waals surface area contributed by atoms with E-state index in [0.717, 1.165) is 88.7 Å². The fourth-order valence-corrected chi connectivity index (χ4v) is 8.32. The van der Waals surface area contributed by atoms with Gasteiger partial charge in [0.05, 0.1) is 6.54 Å². The van der Waals surface area contributed by atoms with Gasteiger partial charge in [0.25, 0.3) is 0 Å². The Balaban J connectivity index is 1.09. The van der Waals surface area contributed by atoms with Crippen molar-refractivity contribution in [3.63, 3.8) is 0 Å². The topological polar surface area (TPSA) is 66.3 Å². The van der Waals surface area contributed by atoms with E-state index in [2.05, 4.69) is 133 Å². The number of fused-ring (bicyclic) bond motifs is 8. The highest BCUT2D eigenvalue weighted by Crippen LogP contribution is 2.42. The molecular weight excluding hydrogens is 653 g/mol. The van der Waals surface area contributed by atoms with Crippen LogP contribution in [0, 0.1) is 0 Å². The van der Waals surface area contributed by atoms with Crippen molar-refractivity contribution >= 4 is 71.7 Å². The zero-order valence-corrected chi connectivity index (χ0v) is 28.9. The molecule has 0 radical (unpaired) electrons. The van der Waals surface area contributed by atoms with Gasteiger partial charge in [0.2, 0.25) is 0 Å². The summed E-state index contributed by atoms with van der Waals surface area (Å²) in [6.45, 7) is 0.642. The minimum Gasteiger partial charge on any atom is -0.458 e. The summed E-state index contributed by atoms with van der Waals surface area (Å²) in [5.41, 5.74) is 9.10. The second-order valence-corrected chi connectivity index (χ2v) is 13.8. The maximum Gasteiger partial charge on any atom is 0.159 e. The molecule has 2 aromatic heterocycles. The van der Waals surface area contributed by atoms with E-state index < -0.39 is 0 Å². The quantitative estimate of drug-likeness (QED) is 0.200. The summed E-state index contributed by atoms with van der Waals surface area (Å²) >= 11 is 0. The van der Waals surface area contributed by atoms with E-state index in [1.165, 1.54) is 10.8 Å². The molecule has 1 atom stereocenters. The van der Waals surface area contributed by atoms with Gasteiger partial charge >= 0.3 is 0 Å². The van der Waals surface area contributed by atoms with Gasteiger partial charge in [-0.25, -0.2) is 9.98 Å². The molecule has 6 nitrogen and oxygen atoms in total. The third kappa shape index (κ3) is 4.59. The molecule has 2 aliphatic rings. The van der Waals surface area contributed by atoms with Crippen LogP contribution in [0.25, 0.3) is 60.0 Å². The van der Waals surface area contributed by atoms with Crippen LogP contribution in [0.5, 0.6) is 0 Å². The lowest BCUT2D eigenvalue weighted by molar-refractivity contribution is 0.385. The maximum atomic E-state index is 6.51. The van der Waals surface area contributed by atoms with E-state index in [0.29, 0.717) is 12.4 Å². The first-order chi connectivity index (χ1) is 26.2. The van der Waals surface area contributed by atoms with Crippen molar-refractivity contribution in [1.29, 1.82) is 0 Å². The zero-order valence-electron chi connectivity index (χ0n) is 28.9. The third-order valence-corrected chi connectivity index (χ3v) is 10.8. The summed E-state index contributed by atoms with van der Waals surface area (Å²) < 4.78 is 12.8. The van der Waals surface area contributed by atoms with Gasteiger partial charge in [0.1, 0.15) is 28.3 Å². The third-order valence-electron chi connectivity index (χ3n) is 10.8. The molecule has 7 aromatic carbocycles. The van der Waals surface area contributed by atoms with E-state index in [9.17, 15) is 0 Å². The average Bonchev–Trinajstić information content (AvgIpc) is 3.78. The highest BCUT2D eigenvalue weighted by atomic mass is 16.3. The van der Waals surface area contributed by atoms with Crippen molar-refractivity contribution in [1.82, 2.24) is 10.2 Å². The monoisotopic (exact) mass is 684 g/mol. The van der Waals surface area contributed by atoms with E-state index in [1.807, 2.05) is 36.4 Å². The first kappa shape index (κ1) is 29.8. The van der Waals surface area contributed by atoms with Crippen molar-refractivity contribution in [2.75, 3.05) is 7.05 Å². The number of para-hydroxylation sites is 1. The van der Waals surface area contributed by atoms with Crippen LogP contribution in [0.2, 0.25) is 0 Å². The normalized spacial score (nSPS) is 15.8. The largest absolute Gasteiger partial charge is 0.458 e. The standard InChI is InChI=1S/C47H32N4O2/c1-51-46(49-45(28-12-3-2-4-13-28)50-47(51)36-21-11-23-40-43(36)35-16-7-8-22-39(35)52-40)34-20-10-17-31-32(34)18-9-19-33(31)38-26-48-27-42-44(38)37-24-29-14-5-6-15-30(29)25-41(37)53-42/h2-26,47-48H,27H2,1H3. The average molecular weight is 685 g/mol. The highest BCUT2D eigenvalue weighted by molar-refractivity contribution is 6.19. The molecule has 252 valence electrons. The number of amidine groups is 2. The van der Waals surface area contributed by atoms with Crippen molar-refractivity contribution in [3.8, 4) is 0 Å². The van der Waals surface area contributed by atoms with E-state index in [-0.39, 0.29) is 6.17 Å². The van der Waals surface area contributed by atoms with Crippen molar-refractivity contribution in [2.24, 2.45) is 9.98 Å². The van der Waals surface area contributed by atoms with E-state index in [4.69, 9.17) is 18.8 Å². The Morgan fingerprint density at radius 1 is 0.623 bits per heavy atom. The molecule has 1 N–H and O–H groups in total. The van der Waals surface area contributed by atoms with E-state index in [1.54, 1.807) is 0 Å². The van der Waals surface area contributed by atoms with Crippen LogP contribution in [0.3, 0.4) is 0 Å². The fraction of sp³-hybridized carbons (Fsp3) is 0.0638. The molecule has 6 heteroatoms. The van der Waals surface area contributed by atoms with Crippen molar-refractivity contribution < 1.29 is 8.83 Å². The molecule has 9 aromatic rings.